The van der Waals surface area contributed by atoms with E-state index in [2.05, 4.69) is 0 Å². The highest BCUT2D eigenvalue weighted by atomic mass is 35.5. The first-order valence-corrected chi connectivity index (χ1v) is 7.02. The molecular weight excluding hydrogens is 288 g/mol. The molecule has 1 heterocycles. The fourth-order valence-electron chi connectivity index (χ4n) is 2.47. The van der Waals surface area contributed by atoms with Crippen LogP contribution in [0.2, 0.25) is 5.02 Å². The molecule has 4 heteroatoms. The Morgan fingerprint density at radius 3 is 2.71 bits per heavy atom. The van der Waals surface area contributed by atoms with Crippen LogP contribution in [0.1, 0.15) is 22.8 Å². The van der Waals surface area contributed by atoms with E-state index in [1.165, 1.54) is 0 Å². The number of phenolic OH excluding ortho intramolecular Hbond substituents is 1. The maximum Gasteiger partial charge on any atom is 0.150 e. The lowest BCUT2D eigenvalue weighted by Gasteiger charge is -2.10. The number of carbonyl (C=O) groups excluding carboxylic acids is 1. The molecule has 3 aromatic rings. The molecule has 2 aromatic carbocycles. The second-order valence-corrected chi connectivity index (χ2v) is 5.15. The summed E-state index contributed by atoms with van der Waals surface area (Å²) in [6.45, 7) is 1.88. The van der Waals surface area contributed by atoms with Crippen LogP contribution in [-0.4, -0.2) is 11.4 Å². The molecule has 21 heavy (non-hydrogen) atoms. The lowest BCUT2D eigenvalue weighted by Crippen LogP contribution is -1.94. The summed E-state index contributed by atoms with van der Waals surface area (Å²) in [5.41, 5.74) is 2.26. The van der Waals surface area contributed by atoms with E-state index in [4.69, 9.17) is 16.0 Å². The van der Waals surface area contributed by atoms with Crippen LogP contribution in [0.4, 0.5) is 0 Å². The summed E-state index contributed by atoms with van der Waals surface area (Å²) in [4.78, 5) is 11.2. The molecule has 0 atom stereocenters. The molecule has 0 fully saturated rings. The summed E-state index contributed by atoms with van der Waals surface area (Å²) >= 11 is 6.18. The molecule has 0 saturated heterocycles. The minimum atomic E-state index is -0.0572. The van der Waals surface area contributed by atoms with Crippen molar-refractivity contribution in [1.29, 1.82) is 0 Å². The second-order valence-electron chi connectivity index (χ2n) is 4.77. The molecule has 0 saturated carbocycles. The molecule has 0 aliphatic heterocycles. The van der Waals surface area contributed by atoms with Crippen LogP contribution in [-0.2, 0) is 6.42 Å². The third kappa shape index (κ3) is 2.20. The maximum absolute atomic E-state index is 11.2. The Morgan fingerprint density at radius 1 is 1.29 bits per heavy atom. The predicted molar refractivity (Wildman–Crippen MR) is 83.1 cm³/mol. The summed E-state index contributed by atoms with van der Waals surface area (Å²) in [5.74, 6) is 0.430. The van der Waals surface area contributed by atoms with Crippen LogP contribution in [0.25, 0.3) is 22.3 Å². The third-order valence-electron chi connectivity index (χ3n) is 3.55. The Kier molecular flexibility index (Phi) is 3.43. The molecule has 0 unspecified atom stereocenters. The Bertz CT molecular complexity index is 800. The van der Waals surface area contributed by atoms with E-state index >= 15 is 0 Å². The molecule has 1 N–H and O–H groups in total. The minimum absolute atomic E-state index is 0.0572. The normalized spacial score (nSPS) is 11.0. The van der Waals surface area contributed by atoms with Crippen LogP contribution in [0.15, 0.2) is 40.8 Å². The number of aldehydes is 1. The summed E-state index contributed by atoms with van der Waals surface area (Å²) in [7, 11) is 0. The number of hydrogen-bond acceptors (Lipinski definition) is 3. The molecule has 1 aromatic heterocycles. The monoisotopic (exact) mass is 300 g/mol. The SMILES string of the molecule is CCc1c(C=O)cc(-c2cc3ccccc3o2)c(O)c1Cl. The van der Waals surface area contributed by atoms with E-state index in [1.807, 2.05) is 37.3 Å². The highest BCUT2D eigenvalue weighted by Crippen LogP contribution is 2.41. The van der Waals surface area contributed by atoms with Gasteiger partial charge in [-0.3, -0.25) is 4.79 Å². The van der Waals surface area contributed by atoms with Gasteiger partial charge in [-0.15, -0.1) is 0 Å². The van der Waals surface area contributed by atoms with Gasteiger partial charge in [0.2, 0.25) is 0 Å². The first-order valence-electron chi connectivity index (χ1n) is 6.64. The van der Waals surface area contributed by atoms with Gasteiger partial charge in [0, 0.05) is 10.9 Å². The summed E-state index contributed by atoms with van der Waals surface area (Å²) < 4.78 is 5.73. The van der Waals surface area contributed by atoms with Crippen molar-refractivity contribution in [3.8, 4) is 17.1 Å². The molecule has 3 nitrogen and oxygen atoms in total. The number of hydrogen-bond donors (Lipinski definition) is 1. The van der Waals surface area contributed by atoms with Gasteiger partial charge in [-0.2, -0.15) is 0 Å². The number of phenols is 1. The Labute approximate surface area is 126 Å². The zero-order chi connectivity index (χ0) is 15.0. The maximum atomic E-state index is 11.2. The van der Waals surface area contributed by atoms with E-state index in [-0.39, 0.29) is 10.8 Å². The van der Waals surface area contributed by atoms with E-state index < -0.39 is 0 Å². The van der Waals surface area contributed by atoms with Crippen LogP contribution in [0.5, 0.6) is 5.75 Å². The molecule has 0 radical (unpaired) electrons. The minimum Gasteiger partial charge on any atom is -0.506 e. The quantitative estimate of drug-likeness (QED) is 0.705. The van der Waals surface area contributed by atoms with Crippen molar-refractivity contribution in [2.75, 3.05) is 0 Å². The lowest BCUT2D eigenvalue weighted by molar-refractivity contribution is 0.112. The number of aromatic hydroxyl groups is 1. The zero-order valence-electron chi connectivity index (χ0n) is 11.4. The van der Waals surface area contributed by atoms with Crippen LogP contribution in [0, 0.1) is 0 Å². The van der Waals surface area contributed by atoms with Gasteiger partial charge in [-0.05, 0) is 30.2 Å². The lowest BCUT2D eigenvalue weighted by atomic mass is 10.00. The number of rotatable bonds is 3. The van der Waals surface area contributed by atoms with Crippen molar-refractivity contribution in [2.24, 2.45) is 0 Å². The predicted octanol–water partition coefficient (Wildman–Crippen LogP) is 4.83. The molecule has 0 amide bonds. The van der Waals surface area contributed by atoms with Crippen LogP contribution < -0.4 is 0 Å². The van der Waals surface area contributed by atoms with Gasteiger partial charge >= 0.3 is 0 Å². The Balaban J connectivity index is 2.26. The van der Waals surface area contributed by atoms with E-state index in [0.29, 0.717) is 28.9 Å². The average Bonchev–Trinajstić information content (AvgIpc) is 2.93. The average molecular weight is 301 g/mol. The van der Waals surface area contributed by atoms with Gasteiger partial charge in [0.05, 0.1) is 10.6 Å². The summed E-state index contributed by atoms with van der Waals surface area (Å²) in [6, 6.07) is 11.0. The molecule has 3 rings (SSSR count). The number of para-hydroxylation sites is 1. The van der Waals surface area contributed by atoms with Gasteiger partial charge in [0.15, 0.2) is 0 Å². The molecule has 106 valence electrons. The first-order chi connectivity index (χ1) is 10.2. The van der Waals surface area contributed by atoms with E-state index in [9.17, 15) is 9.90 Å². The van der Waals surface area contributed by atoms with Crippen molar-refractivity contribution >= 4 is 28.9 Å². The van der Waals surface area contributed by atoms with Gasteiger partial charge in [-0.25, -0.2) is 0 Å². The fourth-order valence-corrected chi connectivity index (χ4v) is 2.81. The Hall–Kier alpha value is -2.26. The topological polar surface area (TPSA) is 50.4 Å². The standard InChI is InChI=1S/C17H13ClO3/c1-2-12-11(9-19)7-13(17(20)16(12)18)15-8-10-5-3-4-6-14(10)21-15/h3-9,20H,2H2,1H3. The second kappa shape index (κ2) is 5.26. The number of carbonyl (C=O) groups is 1. The summed E-state index contributed by atoms with van der Waals surface area (Å²) in [5, 5.41) is 11.4. The van der Waals surface area contributed by atoms with E-state index in [1.54, 1.807) is 6.07 Å². The smallest absolute Gasteiger partial charge is 0.150 e. The van der Waals surface area contributed by atoms with Gasteiger partial charge < -0.3 is 9.52 Å². The summed E-state index contributed by atoms with van der Waals surface area (Å²) in [6.07, 6.45) is 1.32. The third-order valence-corrected chi connectivity index (χ3v) is 3.95. The van der Waals surface area contributed by atoms with Crippen molar-refractivity contribution < 1.29 is 14.3 Å². The molecular formula is C17H13ClO3. The van der Waals surface area contributed by atoms with Gasteiger partial charge in [0.25, 0.3) is 0 Å². The number of benzene rings is 2. The van der Waals surface area contributed by atoms with Crippen molar-refractivity contribution in [3.05, 3.63) is 52.5 Å². The highest BCUT2D eigenvalue weighted by Gasteiger charge is 2.18. The number of halogens is 1. The van der Waals surface area contributed by atoms with Gasteiger partial charge in [0.1, 0.15) is 23.4 Å². The number of furan rings is 1. The fraction of sp³-hybridized carbons (Fsp3) is 0.118. The van der Waals surface area contributed by atoms with Gasteiger partial charge in [-0.1, -0.05) is 36.7 Å². The van der Waals surface area contributed by atoms with Crippen molar-refractivity contribution in [3.63, 3.8) is 0 Å². The largest absolute Gasteiger partial charge is 0.506 e. The molecule has 0 aliphatic rings. The molecule has 0 aliphatic carbocycles. The number of fused-ring (bicyclic) bond motifs is 1. The van der Waals surface area contributed by atoms with Crippen molar-refractivity contribution in [1.82, 2.24) is 0 Å². The van der Waals surface area contributed by atoms with E-state index in [0.717, 1.165) is 17.3 Å². The molecule has 0 spiro atoms. The Morgan fingerprint density at radius 2 is 2.05 bits per heavy atom. The highest BCUT2D eigenvalue weighted by molar-refractivity contribution is 6.33. The van der Waals surface area contributed by atoms with Crippen LogP contribution >= 0.6 is 11.6 Å². The van der Waals surface area contributed by atoms with Crippen molar-refractivity contribution in [2.45, 2.75) is 13.3 Å². The first kappa shape index (κ1) is 13.7. The zero-order valence-corrected chi connectivity index (χ0v) is 12.1. The molecule has 0 bridgehead atoms. The van der Waals surface area contributed by atoms with Crippen LogP contribution in [0.3, 0.4) is 0 Å².